The summed E-state index contributed by atoms with van der Waals surface area (Å²) in [6.45, 7) is 7.10. The van der Waals surface area contributed by atoms with Crippen LogP contribution in [0.3, 0.4) is 0 Å². The lowest BCUT2D eigenvalue weighted by Gasteiger charge is -2.13. The molecule has 2 aliphatic rings. The summed E-state index contributed by atoms with van der Waals surface area (Å²) in [4.78, 5) is 1.57. The lowest BCUT2D eigenvalue weighted by molar-refractivity contribution is 0.800. The van der Waals surface area contributed by atoms with Gasteiger partial charge in [-0.25, -0.2) is 0 Å². The van der Waals surface area contributed by atoms with E-state index in [1.54, 1.807) is 16.0 Å². The topological polar surface area (TPSA) is 0 Å². The van der Waals surface area contributed by atoms with Crippen LogP contribution < -0.4 is 5.22 Å². The van der Waals surface area contributed by atoms with Crippen molar-refractivity contribution in [2.45, 2.75) is 45.7 Å². The first-order valence-corrected chi connectivity index (χ1v) is 11.9. The molecule has 0 unspecified atom stereocenters. The lowest BCUT2D eigenvalue weighted by atomic mass is 9.93. The summed E-state index contributed by atoms with van der Waals surface area (Å²) in [7, 11) is -0.531. The van der Waals surface area contributed by atoms with E-state index in [1.165, 1.54) is 46.0 Å². The highest BCUT2D eigenvalue weighted by atomic mass is 28.2. The van der Waals surface area contributed by atoms with Gasteiger partial charge in [-0.15, -0.1) is 0 Å². The average Bonchev–Trinajstić information content (AvgIpc) is 3.23. The van der Waals surface area contributed by atoms with Gasteiger partial charge in [0, 0.05) is 8.41 Å². The lowest BCUT2D eigenvalue weighted by Crippen LogP contribution is -2.00. The van der Waals surface area contributed by atoms with Crippen LogP contribution in [0.2, 0.25) is 13.1 Å². The van der Waals surface area contributed by atoms with Crippen molar-refractivity contribution in [3.05, 3.63) is 85.7 Å². The van der Waals surface area contributed by atoms with Gasteiger partial charge in [0.1, 0.15) is 0 Å². The average molecular weight is 342 g/mol. The predicted octanol–water partition coefficient (Wildman–Crippen LogP) is 5.48. The molecule has 0 N–H and O–H groups in total. The molecule has 0 aromatic heterocycles. The zero-order valence-corrected chi connectivity index (χ0v) is 16.4. The molecule has 2 aliphatic carbocycles. The van der Waals surface area contributed by atoms with Crippen molar-refractivity contribution in [1.82, 2.24) is 0 Å². The quantitative estimate of drug-likeness (QED) is 0.551. The molecule has 0 saturated carbocycles. The van der Waals surface area contributed by atoms with Crippen LogP contribution >= 0.6 is 0 Å². The van der Waals surface area contributed by atoms with Crippen molar-refractivity contribution >= 4 is 20.1 Å². The number of fused-ring (bicyclic) bond motifs is 2. The van der Waals surface area contributed by atoms with Crippen LogP contribution in [0.25, 0.3) is 11.6 Å². The summed E-state index contributed by atoms with van der Waals surface area (Å²) in [5.41, 5.74) is 5.96. The summed E-state index contributed by atoms with van der Waals surface area (Å²) in [5, 5.41) is 3.96. The summed E-state index contributed by atoms with van der Waals surface area (Å²) in [6, 6.07) is 13.4. The highest BCUT2D eigenvalue weighted by Gasteiger charge is 2.18. The molecule has 25 heavy (non-hydrogen) atoms. The van der Waals surface area contributed by atoms with Gasteiger partial charge in [0.05, 0.1) is 0 Å². The van der Waals surface area contributed by atoms with Crippen molar-refractivity contribution in [3.63, 3.8) is 0 Å². The maximum Gasteiger partial charge on any atom is 0.0136 e. The number of allylic oxidation sites excluding steroid dienone is 4. The second-order valence-electron chi connectivity index (χ2n) is 7.30. The molecule has 0 nitrogen and oxygen atoms in total. The molecule has 2 aromatic rings. The number of benzene rings is 2. The van der Waals surface area contributed by atoms with E-state index in [9.17, 15) is 0 Å². The first kappa shape index (κ1) is 16.5. The van der Waals surface area contributed by atoms with Gasteiger partial charge >= 0.3 is 0 Å². The third kappa shape index (κ3) is 2.81. The van der Waals surface area contributed by atoms with Gasteiger partial charge in [0.25, 0.3) is 0 Å². The Morgan fingerprint density at radius 3 is 2.68 bits per heavy atom. The third-order valence-electron chi connectivity index (χ3n) is 5.35. The molecule has 1 heteroatoms. The van der Waals surface area contributed by atoms with Gasteiger partial charge in [-0.1, -0.05) is 75.0 Å². The minimum atomic E-state index is -0.531. The number of unbranched alkanes of at least 4 members (excludes halogenated alkanes) is 1. The van der Waals surface area contributed by atoms with Gasteiger partial charge < -0.3 is 0 Å². The molecule has 0 heterocycles. The van der Waals surface area contributed by atoms with Crippen molar-refractivity contribution < 1.29 is 0 Å². The van der Waals surface area contributed by atoms with Crippen LogP contribution in [-0.4, -0.2) is 8.41 Å². The summed E-state index contributed by atoms with van der Waals surface area (Å²) < 4.78 is 0. The molecule has 0 bridgehead atoms. The summed E-state index contributed by atoms with van der Waals surface area (Å²) in [6.07, 6.45) is 13.3. The zero-order valence-electron chi connectivity index (χ0n) is 15.4. The monoisotopic (exact) mass is 341 g/mol. The Morgan fingerprint density at radius 1 is 1.04 bits per heavy atom. The third-order valence-corrected chi connectivity index (χ3v) is 6.85. The molecule has 0 spiro atoms. The molecule has 0 saturated heterocycles. The second-order valence-corrected chi connectivity index (χ2v) is 9.83. The van der Waals surface area contributed by atoms with Crippen LogP contribution in [0.1, 0.15) is 43.7 Å². The zero-order chi connectivity index (χ0) is 17.4. The number of hydrogen-bond donors (Lipinski definition) is 0. The van der Waals surface area contributed by atoms with Gasteiger partial charge in [0.2, 0.25) is 0 Å². The summed E-state index contributed by atoms with van der Waals surface area (Å²) in [5.74, 6) is 0. The fourth-order valence-electron chi connectivity index (χ4n) is 4.06. The Bertz CT molecular complexity index is 1110. The highest BCUT2D eigenvalue weighted by Crippen LogP contribution is 2.35. The molecule has 0 aliphatic heterocycles. The number of rotatable bonds is 4. The standard InChI is InChI=1S/C24H25Si/c1-4-5-9-17-11-8-13-20(17)24-22-16-18-10-6-7-12-19(18)21(22)14-15-23(24)25(2)3/h6-8,10-12,14-15H,4-5,9,13H2,1-3H3. The van der Waals surface area contributed by atoms with E-state index in [4.69, 9.17) is 0 Å². The van der Waals surface area contributed by atoms with Crippen molar-refractivity contribution in [1.29, 1.82) is 0 Å². The largest absolute Gasteiger partial charge is 0.0798 e. The molecule has 0 atom stereocenters. The minimum absolute atomic E-state index is 0.531. The maximum absolute atomic E-state index is 3.75. The van der Waals surface area contributed by atoms with E-state index in [0.29, 0.717) is 0 Å². The molecule has 1 radical (unpaired) electrons. The van der Waals surface area contributed by atoms with E-state index in [2.05, 4.69) is 74.6 Å². The maximum atomic E-state index is 3.75. The molecular weight excluding hydrogens is 316 g/mol. The first-order valence-electron chi connectivity index (χ1n) is 9.43. The molecular formula is C24H25Si. The van der Waals surface area contributed by atoms with E-state index >= 15 is 0 Å². The van der Waals surface area contributed by atoms with Crippen LogP contribution in [0.15, 0.2) is 54.1 Å². The van der Waals surface area contributed by atoms with Crippen LogP contribution in [0.5, 0.6) is 0 Å². The Hall–Kier alpha value is -1.99. The van der Waals surface area contributed by atoms with Gasteiger partial charge in [0.15, 0.2) is 0 Å². The fourth-order valence-corrected chi connectivity index (χ4v) is 5.26. The van der Waals surface area contributed by atoms with Gasteiger partial charge in [-0.2, -0.15) is 0 Å². The van der Waals surface area contributed by atoms with E-state index < -0.39 is 8.41 Å². The van der Waals surface area contributed by atoms with Crippen molar-refractivity contribution in [3.8, 4) is 0 Å². The second kappa shape index (κ2) is 6.72. The van der Waals surface area contributed by atoms with Gasteiger partial charge in [-0.05, 0) is 68.1 Å². The SMILES string of the molecule is CCCCC1=C(c2c3c(ccc2=[Si](C)C)=c2ccccc2=[C]3)CC=C1. The van der Waals surface area contributed by atoms with Crippen LogP contribution in [0.4, 0.5) is 0 Å². The first-order chi connectivity index (χ1) is 12.2. The predicted molar refractivity (Wildman–Crippen MR) is 109 cm³/mol. The highest BCUT2D eigenvalue weighted by molar-refractivity contribution is 6.47. The van der Waals surface area contributed by atoms with Gasteiger partial charge in [-0.3, -0.25) is 0 Å². The minimum Gasteiger partial charge on any atom is -0.0798 e. The normalized spacial score (nSPS) is 14.5. The van der Waals surface area contributed by atoms with E-state index in [0.717, 1.165) is 6.42 Å². The molecule has 4 rings (SSSR count). The molecule has 0 fully saturated rings. The number of hydrogen-bond acceptors (Lipinski definition) is 0. The molecule has 125 valence electrons. The van der Waals surface area contributed by atoms with E-state index in [-0.39, 0.29) is 0 Å². The summed E-state index contributed by atoms with van der Waals surface area (Å²) >= 11 is 0. The van der Waals surface area contributed by atoms with Crippen LogP contribution in [-0.2, 0) is 0 Å². The Kier molecular flexibility index (Phi) is 4.43. The van der Waals surface area contributed by atoms with E-state index in [1.807, 2.05) is 0 Å². The Balaban J connectivity index is 2.07. The van der Waals surface area contributed by atoms with Crippen LogP contribution in [0, 0.1) is 15.3 Å². The van der Waals surface area contributed by atoms with Crippen molar-refractivity contribution in [2.24, 2.45) is 0 Å². The Labute approximate surface area is 151 Å². The molecule has 2 aromatic carbocycles. The van der Waals surface area contributed by atoms with Crippen molar-refractivity contribution in [2.75, 3.05) is 0 Å². The molecule has 0 amide bonds. The smallest absolute Gasteiger partial charge is 0.0136 e. The Morgan fingerprint density at radius 2 is 1.88 bits per heavy atom. The fraction of sp³-hybridized carbons (Fsp3) is 0.292.